The quantitative estimate of drug-likeness (QED) is 0.388. The van der Waals surface area contributed by atoms with Crippen LogP contribution in [0.5, 0.6) is 0 Å². The van der Waals surface area contributed by atoms with Crippen molar-refractivity contribution >= 4 is 36.9 Å². The Morgan fingerprint density at radius 3 is 1.80 bits per heavy atom. The van der Waals surface area contributed by atoms with E-state index in [4.69, 9.17) is 4.89 Å². The first-order chi connectivity index (χ1) is 4.12. The predicted molar refractivity (Wildman–Crippen MR) is 47.1 cm³/mol. The Hall–Kier alpha value is 0.670. The Balaban J connectivity index is 0. The van der Waals surface area contributed by atoms with Crippen molar-refractivity contribution in [3.8, 4) is 0 Å². The molecule has 0 fully saturated rings. The Morgan fingerprint density at radius 2 is 1.60 bits per heavy atom. The van der Waals surface area contributed by atoms with E-state index < -0.39 is 7.37 Å². The van der Waals surface area contributed by atoms with Crippen LogP contribution in [-0.2, 0) is 4.57 Å². The molecule has 0 aromatic rings. The molecule has 0 aliphatic carbocycles. The molecule has 0 aromatic carbocycles. The molecule has 54 valence electrons. The van der Waals surface area contributed by atoms with Crippen LogP contribution >= 0.6 is 7.37 Å². The van der Waals surface area contributed by atoms with E-state index in [1.807, 2.05) is 0 Å². The van der Waals surface area contributed by atoms with E-state index >= 15 is 0 Å². The fourth-order valence-corrected chi connectivity index (χ4v) is 1.43. The van der Waals surface area contributed by atoms with Gasteiger partial charge in [-0.2, -0.15) is 0 Å². The van der Waals surface area contributed by atoms with E-state index in [2.05, 4.69) is 13.2 Å². The molecule has 0 aliphatic rings. The van der Waals surface area contributed by atoms with Crippen LogP contribution in [0, 0.1) is 0 Å². The van der Waals surface area contributed by atoms with Crippen molar-refractivity contribution in [1.82, 2.24) is 0 Å². The van der Waals surface area contributed by atoms with Gasteiger partial charge in [-0.05, 0) is 0 Å². The predicted octanol–water partition coefficient (Wildman–Crippen LogP) is 0.980. The van der Waals surface area contributed by atoms with Crippen molar-refractivity contribution in [3.05, 3.63) is 25.3 Å². The Kier molecular flexibility index (Phi) is 8.47. The van der Waals surface area contributed by atoms with Gasteiger partial charge in [0.05, 0.1) is 0 Å². The van der Waals surface area contributed by atoms with Crippen LogP contribution in [0.15, 0.2) is 25.3 Å². The summed E-state index contributed by atoms with van der Waals surface area (Å²) in [5.74, 6) is 0. The second-order valence-corrected chi connectivity index (χ2v) is 4.21. The first-order valence-electron chi connectivity index (χ1n) is 2.65. The molecule has 0 radical (unpaired) electrons. The molecule has 4 heteroatoms. The summed E-state index contributed by atoms with van der Waals surface area (Å²) in [7, 11) is -2.93. The molecular weight excluding hydrogens is 158 g/mol. The fourth-order valence-electron chi connectivity index (χ4n) is 0.478. The third kappa shape index (κ3) is 6.79. The molecule has 0 saturated heterocycles. The first-order valence-corrected chi connectivity index (χ1v) is 4.68. The SMILES string of the molecule is C=CCP(=O)(O)CC=C.[NaH]. The van der Waals surface area contributed by atoms with Gasteiger partial charge in [-0.1, -0.05) is 12.2 Å². The van der Waals surface area contributed by atoms with Gasteiger partial charge in [-0.15, -0.1) is 13.2 Å². The molecule has 0 rings (SSSR count). The minimum atomic E-state index is -2.93. The Bertz CT molecular complexity index is 142. The molecule has 0 spiro atoms. The number of hydrogen-bond acceptors (Lipinski definition) is 1. The van der Waals surface area contributed by atoms with E-state index in [-0.39, 0.29) is 41.9 Å². The summed E-state index contributed by atoms with van der Waals surface area (Å²) in [5, 5.41) is 0. The molecule has 0 unspecified atom stereocenters. The summed E-state index contributed by atoms with van der Waals surface area (Å²) < 4.78 is 10.8. The van der Waals surface area contributed by atoms with E-state index in [1.54, 1.807) is 0 Å². The third-order valence-electron chi connectivity index (χ3n) is 0.829. The fraction of sp³-hybridized carbons (Fsp3) is 0.333. The molecule has 0 aromatic heterocycles. The third-order valence-corrected chi connectivity index (χ3v) is 2.49. The van der Waals surface area contributed by atoms with Crippen molar-refractivity contribution < 1.29 is 9.46 Å². The zero-order valence-corrected chi connectivity index (χ0v) is 6.18. The van der Waals surface area contributed by atoms with Crippen LogP contribution < -0.4 is 0 Å². The van der Waals surface area contributed by atoms with Crippen molar-refractivity contribution in [2.24, 2.45) is 0 Å². The normalized spacial score (nSPS) is 9.70. The number of rotatable bonds is 4. The van der Waals surface area contributed by atoms with Crippen LogP contribution in [0.4, 0.5) is 0 Å². The monoisotopic (exact) mass is 170 g/mol. The summed E-state index contributed by atoms with van der Waals surface area (Å²) in [4.78, 5) is 8.93. The van der Waals surface area contributed by atoms with Crippen LogP contribution in [0.2, 0.25) is 0 Å². The molecule has 2 nitrogen and oxygen atoms in total. The minimum absolute atomic E-state index is 0. The molecule has 0 aliphatic heterocycles. The van der Waals surface area contributed by atoms with Gasteiger partial charge in [0, 0.05) is 12.3 Å². The van der Waals surface area contributed by atoms with Crippen molar-refractivity contribution in [2.45, 2.75) is 0 Å². The molecule has 10 heavy (non-hydrogen) atoms. The van der Waals surface area contributed by atoms with E-state index in [0.717, 1.165) is 0 Å². The summed E-state index contributed by atoms with van der Waals surface area (Å²) in [6.07, 6.45) is 3.26. The number of hydrogen-bond donors (Lipinski definition) is 1. The van der Waals surface area contributed by atoms with Crippen LogP contribution in [0.1, 0.15) is 0 Å². The Morgan fingerprint density at radius 1 is 1.30 bits per heavy atom. The van der Waals surface area contributed by atoms with Gasteiger partial charge in [0.2, 0.25) is 7.37 Å². The van der Waals surface area contributed by atoms with Crippen LogP contribution in [-0.4, -0.2) is 46.8 Å². The molecule has 0 atom stereocenters. The Labute approximate surface area is 83.8 Å². The zero-order chi connectivity index (χ0) is 7.33. The van der Waals surface area contributed by atoms with E-state index in [9.17, 15) is 4.57 Å². The van der Waals surface area contributed by atoms with Gasteiger partial charge < -0.3 is 4.89 Å². The van der Waals surface area contributed by atoms with Gasteiger partial charge in [0.1, 0.15) is 0 Å². The molecule has 0 bridgehead atoms. The molecule has 1 N–H and O–H groups in total. The maximum absolute atomic E-state index is 10.8. The second-order valence-electron chi connectivity index (χ2n) is 1.79. The van der Waals surface area contributed by atoms with Gasteiger partial charge in [0.15, 0.2) is 0 Å². The van der Waals surface area contributed by atoms with Gasteiger partial charge in [-0.25, -0.2) is 0 Å². The zero-order valence-electron chi connectivity index (χ0n) is 5.29. The number of allylic oxidation sites excluding steroid dienone is 2. The second kappa shape index (κ2) is 6.38. The van der Waals surface area contributed by atoms with E-state index in [1.165, 1.54) is 12.2 Å². The van der Waals surface area contributed by atoms with Crippen LogP contribution in [0.3, 0.4) is 0 Å². The molecular formula is C6H12NaO2P. The van der Waals surface area contributed by atoms with Gasteiger partial charge in [-0.3, -0.25) is 4.57 Å². The van der Waals surface area contributed by atoms with Crippen LogP contribution in [0.25, 0.3) is 0 Å². The van der Waals surface area contributed by atoms with E-state index in [0.29, 0.717) is 0 Å². The maximum atomic E-state index is 10.8. The molecule has 0 amide bonds. The van der Waals surface area contributed by atoms with Crippen molar-refractivity contribution in [2.75, 3.05) is 12.3 Å². The van der Waals surface area contributed by atoms with Crippen molar-refractivity contribution in [1.29, 1.82) is 0 Å². The average Bonchev–Trinajstić information content (AvgIpc) is 1.64. The summed E-state index contributed by atoms with van der Waals surface area (Å²) in [5.41, 5.74) is 0. The van der Waals surface area contributed by atoms with Gasteiger partial charge >= 0.3 is 29.6 Å². The molecule has 0 heterocycles. The first kappa shape index (κ1) is 13.3. The average molecular weight is 170 g/mol. The van der Waals surface area contributed by atoms with Gasteiger partial charge in [0.25, 0.3) is 0 Å². The molecule has 0 saturated carbocycles. The summed E-state index contributed by atoms with van der Waals surface area (Å²) in [6.45, 7) is 6.72. The summed E-state index contributed by atoms with van der Waals surface area (Å²) in [6, 6.07) is 0. The standard InChI is InChI=1S/C6H11O2P.Na.H/c1-3-5-9(7,8)6-4-2;;/h3-4H,1-2,5-6H2,(H,7,8);;. The van der Waals surface area contributed by atoms with Crippen molar-refractivity contribution in [3.63, 3.8) is 0 Å². The summed E-state index contributed by atoms with van der Waals surface area (Å²) >= 11 is 0. The topological polar surface area (TPSA) is 37.3 Å².